The lowest BCUT2D eigenvalue weighted by Crippen LogP contribution is -2.15. The summed E-state index contributed by atoms with van der Waals surface area (Å²) in [5.74, 6) is 0.226. The van der Waals surface area contributed by atoms with E-state index in [1.807, 2.05) is 0 Å². The van der Waals surface area contributed by atoms with Crippen LogP contribution in [0.4, 0.5) is 5.95 Å². The Labute approximate surface area is 129 Å². The fourth-order valence-corrected chi connectivity index (χ4v) is 2.42. The number of hydrogen-bond donors (Lipinski definition) is 1. The van der Waals surface area contributed by atoms with Crippen LogP contribution < -0.4 is 10.1 Å². The zero-order valence-electron chi connectivity index (χ0n) is 10.8. The van der Waals surface area contributed by atoms with Crippen molar-refractivity contribution >= 4 is 39.4 Å². The van der Waals surface area contributed by atoms with Gasteiger partial charge >= 0.3 is 0 Å². The third kappa shape index (κ3) is 3.68. The molecule has 7 heteroatoms. The Kier molecular flexibility index (Phi) is 4.57. The van der Waals surface area contributed by atoms with Gasteiger partial charge in [-0.25, -0.2) is 4.98 Å². The van der Waals surface area contributed by atoms with Crippen LogP contribution in [0, 0.1) is 6.92 Å². The van der Waals surface area contributed by atoms with Crippen LogP contribution in [0.5, 0.6) is 5.88 Å². The molecule has 0 saturated carbocycles. The number of amides is 1. The lowest BCUT2D eigenvalue weighted by Gasteiger charge is -2.07. The van der Waals surface area contributed by atoms with Crippen LogP contribution >= 0.6 is 27.5 Å². The van der Waals surface area contributed by atoms with Crippen LogP contribution in [0.2, 0.25) is 5.02 Å². The van der Waals surface area contributed by atoms with Crippen LogP contribution in [0.15, 0.2) is 28.7 Å². The molecule has 0 radical (unpaired) electrons. The summed E-state index contributed by atoms with van der Waals surface area (Å²) in [4.78, 5) is 20.3. The normalized spacial score (nSPS) is 10.2. The molecule has 1 amide bonds. The molecule has 1 heterocycles. The first-order valence-corrected chi connectivity index (χ1v) is 6.82. The maximum absolute atomic E-state index is 12.1. The Balaban J connectivity index is 2.25. The summed E-state index contributed by atoms with van der Waals surface area (Å²) in [7, 11) is 1.50. The van der Waals surface area contributed by atoms with E-state index < -0.39 is 0 Å². The SMILES string of the molecule is COc1cc(C)nc(NC(=O)c2cc(Cl)cc(Br)c2)n1. The maximum Gasteiger partial charge on any atom is 0.258 e. The molecule has 0 fully saturated rings. The molecule has 0 saturated heterocycles. The van der Waals surface area contributed by atoms with Crippen LogP contribution in [0.1, 0.15) is 16.1 Å². The highest BCUT2D eigenvalue weighted by Crippen LogP contribution is 2.20. The summed E-state index contributed by atoms with van der Waals surface area (Å²) in [6.45, 7) is 1.79. The van der Waals surface area contributed by atoms with Crippen molar-refractivity contribution < 1.29 is 9.53 Å². The number of ether oxygens (including phenoxy) is 1. The number of rotatable bonds is 3. The van der Waals surface area contributed by atoms with Gasteiger partial charge in [-0.1, -0.05) is 27.5 Å². The first-order chi connectivity index (χ1) is 9.47. The summed E-state index contributed by atoms with van der Waals surface area (Å²) in [6.07, 6.45) is 0. The molecule has 0 aliphatic rings. The molecule has 0 bridgehead atoms. The van der Waals surface area contributed by atoms with E-state index in [1.54, 1.807) is 31.2 Å². The molecular formula is C13H11BrClN3O2. The molecule has 20 heavy (non-hydrogen) atoms. The predicted octanol–water partition coefficient (Wildman–Crippen LogP) is 3.46. The van der Waals surface area contributed by atoms with Gasteiger partial charge in [-0.3, -0.25) is 10.1 Å². The largest absolute Gasteiger partial charge is 0.481 e. The number of carbonyl (C=O) groups is 1. The number of benzene rings is 1. The monoisotopic (exact) mass is 355 g/mol. The highest BCUT2D eigenvalue weighted by Gasteiger charge is 2.11. The van der Waals surface area contributed by atoms with E-state index in [-0.39, 0.29) is 11.9 Å². The average Bonchev–Trinajstić information content (AvgIpc) is 2.36. The fraction of sp³-hybridized carbons (Fsp3) is 0.154. The van der Waals surface area contributed by atoms with Crippen molar-refractivity contribution in [1.82, 2.24) is 9.97 Å². The van der Waals surface area contributed by atoms with E-state index in [9.17, 15) is 4.79 Å². The minimum atomic E-state index is -0.346. The van der Waals surface area contributed by atoms with Gasteiger partial charge in [0.2, 0.25) is 11.8 Å². The fourth-order valence-electron chi connectivity index (χ4n) is 1.56. The lowest BCUT2D eigenvalue weighted by molar-refractivity contribution is 0.102. The van der Waals surface area contributed by atoms with Crippen molar-refractivity contribution in [3.05, 3.63) is 45.0 Å². The number of methoxy groups -OCH3 is 1. The third-order valence-corrected chi connectivity index (χ3v) is 3.07. The van der Waals surface area contributed by atoms with Crippen molar-refractivity contribution in [2.75, 3.05) is 12.4 Å². The molecule has 2 rings (SSSR count). The maximum atomic E-state index is 12.1. The molecule has 1 N–H and O–H groups in total. The Morgan fingerprint density at radius 1 is 1.30 bits per heavy atom. The summed E-state index contributed by atoms with van der Waals surface area (Å²) in [6, 6.07) is 6.60. The Morgan fingerprint density at radius 2 is 2.05 bits per heavy atom. The molecule has 1 aromatic carbocycles. The van der Waals surface area contributed by atoms with E-state index in [0.29, 0.717) is 22.2 Å². The van der Waals surface area contributed by atoms with Gasteiger partial charge in [0.15, 0.2) is 0 Å². The quantitative estimate of drug-likeness (QED) is 0.914. The second kappa shape index (κ2) is 6.19. The van der Waals surface area contributed by atoms with Gasteiger partial charge in [-0.15, -0.1) is 0 Å². The minimum Gasteiger partial charge on any atom is -0.481 e. The number of halogens is 2. The molecule has 2 aromatic rings. The molecule has 104 valence electrons. The molecule has 0 atom stereocenters. The van der Waals surface area contributed by atoms with Crippen molar-refractivity contribution in [3.63, 3.8) is 0 Å². The summed E-state index contributed by atoms with van der Waals surface area (Å²) < 4.78 is 5.75. The molecule has 5 nitrogen and oxygen atoms in total. The van der Waals surface area contributed by atoms with Crippen LogP contribution in [-0.2, 0) is 0 Å². The smallest absolute Gasteiger partial charge is 0.258 e. The average molecular weight is 357 g/mol. The zero-order chi connectivity index (χ0) is 14.7. The van der Waals surface area contributed by atoms with E-state index in [0.717, 1.165) is 4.47 Å². The minimum absolute atomic E-state index is 0.183. The van der Waals surface area contributed by atoms with Gasteiger partial charge in [0.1, 0.15) is 0 Å². The van der Waals surface area contributed by atoms with E-state index >= 15 is 0 Å². The Morgan fingerprint density at radius 3 is 2.70 bits per heavy atom. The molecule has 0 aliphatic carbocycles. The molecular weight excluding hydrogens is 346 g/mol. The van der Waals surface area contributed by atoms with Gasteiger partial charge in [-0.2, -0.15) is 4.98 Å². The van der Waals surface area contributed by atoms with Gasteiger partial charge < -0.3 is 4.74 Å². The highest BCUT2D eigenvalue weighted by atomic mass is 79.9. The summed E-state index contributed by atoms with van der Waals surface area (Å²) in [5, 5.41) is 3.07. The van der Waals surface area contributed by atoms with Crippen molar-refractivity contribution in [2.24, 2.45) is 0 Å². The van der Waals surface area contributed by atoms with Gasteiger partial charge in [0.25, 0.3) is 5.91 Å². The van der Waals surface area contributed by atoms with Crippen molar-refractivity contribution in [2.45, 2.75) is 6.92 Å². The number of aryl methyl sites for hydroxylation is 1. The zero-order valence-corrected chi connectivity index (χ0v) is 13.1. The summed E-state index contributed by atoms with van der Waals surface area (Å²) in [5.41, 5.74) is 1.10. The van der Waals surface area contributed by atoms with E-state index in [1.165, 1.54) is 7.11 Å². The van der Waals surface area contributed by atoms with Crippen LogP contribution in [0.3, 0.4) is 0 Å². The number of nitrogens with zero attached hydrogens (tertiary/aromatic N) is 2. The van der Waals surface area contributed by atoms with E-state index in [4.69, 9.17) is 16.3 Å². The molecule has 0 unspecified atom stereocenters. The van der Waals surface area contributed by atoms with Gasteiger partial charge in [-0.05, 0) is 25.1 Å². The first-order valence-electron chi connectivity index (χ1n) is 5.65. The van der Waals surface area contributed by atoms with Crippen LogP contribution in [0.25, 0.3) is 0 Å². The summed E-state index contributed by atoms with van der Waals surface area (Å²) >= 11 is 9.19. The standard InChI is InChI=1S/C13H11BrClN3O2/c1-7-3-11(20-2)17-13(16-7)18-12(19)8-4-9(14)6-10(15)5-8/h3-6H,1-2H3,(H,16,17,18,19). The molecule has 0 aliphatic heterocycles. The van der Waals surface area contributed by atoms with Gasteiger partial charge in [0, 0.05) is 26.8 Å². The first kappa shape index (κ1) is 14.7. The Hall–Kier alpha value is -1.66. The molecule has 1 aromatic heterocycles. The second-order valence-corrected chi connectivity index (χ2v) is 5.34. The number of anilines is 1. The number of aromatic nitrogens is 2. The van der Waals surface area contributed by atoms with Crippen molar-refractivity contribution in [1.29, 1.82) is 0 Å². The number of nitrogens with one attached hydrogen (secondary N) is 1. The topological polar surface area (TPSA) is 64.1 Å². The second-order valence-electron chi connectivity index (χ2n) is 3.99. The highest BCUT2D eigenvalue weighted by molar-refractivity contribution is 9.10. The third-order valence-electron chi connectivity index (χ3n) is 2.39. The van der Waals surface area contributed by atoms with Crippen molar-refractivity contribution in [3.8, 4) is 5.88 Å². The number of carbonyl (C=O) groups excluding carboxylic acids is 1. The van der Waals surface area contributed by atoms with E-state index in [2.05, 4.69) is 31.2 Å². The van der Waals surface area contributed by atoms with Crippen LogP contribution in [-0.4, -0.2) is 23.0 Å². The predicted molar refractivity (Wildman–Crippen MR) is 80.4 cm³/mol. The number of hydrogen-bond acceptors (Lipinski definition) is 4. The van der Waals surface area contributed by atoms with Gasteiger partial charge in [0.05, 0.1) is 7.11 Å². The Bertz CT molecular complexity index is 644. The molecule has 0 spiro atoms. The lowest BCUT2D eigenvalue weighted by atomic mass is 10.2.